The average molecular weight is 669 g/mol. The smallest absolute Gasteiger partial charge is 0.159 e. The van der Waals surface area contributed by atoms with Crippen LogP contribution in [0.15, 0.2) is 92.2 Å². The fourth-order valence-corrected chi connectivity index (χ4v) is 5.02. The number of hydrogen-bond acceptors (Lipinski definition) is 5. The van der Waals surface area contributed by atoms with E-state index in [1.807, 2.05) is 18.0 Å². The van der Waals surface area contributed by atoms with Crippen LogP contribution in [0.5, 0.6) is 0 Å². The second kappa shape index (κ2) is 22.8. The molecule has 1 N–H and O–H groups in total. The van der Waals surface area contributed by atoms with E-state index in [1.165, 1.54) is 24.0 Å². The quantitative estimate of drug-likeness (QED) is 0.195. The Hall–Kier alpha value is -3.70. The number of allylic oxidation sites excluding steroid dienone is 1. The van der Waals surface area contributed by atoms with Gasteiger partial charge < -0.3 is 15.0 Å². The minimum atomic E-state index is -0.149. The number of hydrogen-bond donors (Lipinski definition) is 1. The van der Waals surface area contributed by atoms with Crippen LogP contribution in [0, 0.1) is 12.3 Å². The molecule has 1 aromatic heterocycles. The van der Waals surface area contributed by atoms with Crippen molar-refractivity contribution in [2.75, 3.05) is 16.8 Å². The molecule has 1 fully saturated rings. The van der Waals surface area contributed by atoms with E-state index in [2.05, 4.69) is 155 Å². The zero-order valence-corrected chi connectivity index (χ0v) is 32.9. The summed E-state index contributed by atoms with van der Waals surface area (Å²) >= 11 is 0. The average Bonchev–Trinajstić information content (AvgIpc) is 3.54. The third-order valence-corrected chi connectivity index (χ3v) is 7.16. The van der Waals surface area contributed by atoms with Gasteiger partial charge in [0.15, 0.2) is 5.82 Å². The number of aromatic nitrogens is 2. The van der Waals surface area contributed by atoms with Crippen molar-refractivity contribution in [3.63, 3.8) is 0 Å². The van der Waals surface area contributed by atoms with Crippen molar-refractivity contribution in [1.29, 1.82) is 0 Å². The van der Waals surface area contributed by atoms with Crippen LogP contribution in [0.4, 0.5) is 11.6 Å². The number of rotatable bonds is 12. The highest BCUT2D eigenvalue weighted by Crippen LogP contribution is 2.34. The molecule has 2 unspecified atom stereocenters. The SMILES string of the molecule is C=CN(c1nc(C(=C)CCC)nc(NCC(c2ccccc2)c2ccccc2)c1C)C1CCC(C(=C)C)O1.CC(C)(C)C.CCC.CCC. The molecule has 3 aromatic rings. The van der Waals surface area contributed by atoms with E-state index in [-0.39, 0.29) is 18.2 Å². The fraction of sp³-hybridized carbons (Fsp3) is 0.500. The molecule has 1 aliphatic heterocycles. The van der Waals surface area contributed by atoms with Gasteiger partial charge in [0.2, 0.25) is 0 Å². The van der Waals surface area contributed by atoms with Gasteiger partial charge in [0.25, 0.3) is 0 Å². The van der Waals surface area contributed by atoms with E-state index in [1.54, 1.807) is 0 Å². The molecule has 0 spiro atoms. The summed E-state index contributed by atoms with van der Waals surface area (Å²) in [6.07, 6.45) is 7.85. The summed E-state index contributed by atoms with van der Waals surface area (Å²) in [5, 5.41) is 3.68. The molecule has 0 aliphatic carbocycles. The van der Waals surface area contributed by atoms with Gasteiger partial charge in [-0.15, -0.1) is 0 Å². The lowest BCUT2D eigenvalue weighted by Crippen LogP contribution is -2.32. The monoisotopic (exact) mass is 669 g/mol. The Balaban J connectivity index is 0.000000957. The minimum absolute atomic E-state index is 0.0502. The number of anilines is 2. The van der Waals surface area contributed by atoms with Gasteiger partial charge in [-0.2, -0.15) is 0 Å². The summed E-state index contributed by atoms with van der Waals surface area (Å²) in [6.45, 7) is 36.7. The first-order valence-electron chi connectivity index (χ1n) is 18.4. The summed E-state index contributed by atoms with van der Waals surface area (Å²) in [6, 6.07) is 21.2. The number of nitrogens with one attached hydrogen (secondary N) is 1. The molecule has 5 nitrogen and oxygen atoms in total. The van der Waals surface area contributed by atoms with Gasteiger partial charge in [0.05, 0.1) is 6.10 Å². The van der Waals surface area contributed by atoms with Gasteiger partial charge in [-0.05, 0) is 55.2 Å². The van der Waals surface area contributed by atoms with Crippen LogP contribution in [-0.4, -0.2) is 28.8 Å². The maximum atomic E-state index is 6.34. The van der Waals surface area contributed by atoms with Crippen molar-refractivity contribution < 1.29 is 4.74 Å². The first-order valence-corrected chi connectivity index (χ1v) is 18.4. The lowest BCUT2D eigenvalue weighted by molar-refractivity contribution is 0.0682. The molecule has 2 atom stereocenters. The zero-order valence-electron chi connectivity index (χ0n) is 32.9. The maximum absolute atomic E-state index is 6.34. The van der Waals surface area contributed by atoms with Crippen LogP contribution in [0.25, 0.3) is 5.57 Å². The molecule has 1 saturated heterocycles. The molecule has 49 heavy (non-hydrogen) atoms. The molecular formula is C44H68N4O. The predicted octanol–water partition coefficient (Wildman–Crippen LogP) is 12.8. The molecule has 0 saturated carbocycles. The molecule has 1 aliphatic rings. The maximum Gasteiger partial charge on any atom is 0.159 e. The Kier molecular flexibility index (Phi) is 20.2. The predicted molar refractivity (Wildman–Crippen MR) is 216 cm³/mol. The third-order valence-electron chi connectivity index (χ3n) is 7.16. The van der Waals surface area contributed by atoms with E-state index in [0.717, 1.165) is 54.0 Å². The zero-order chi connectivity index (χ0) is 37.0. The first-order chi connectivity index (χ1) is 23.3. The Bertz CT molecular complexity index is 1330. The van der Waals surface area contributed by atoms with E-state index in [0.29, 0.717) is 17.8 Å². The van der Waals surface area contributed by atoms with E-state index >= 15 is 0 Å². The second-order valence-electron chi connectivity index (χ2n) is 14.5. The topological polar surface area (TPSA) is 50.3 Å². The van der Waals surface area contributed by atoms with Gasteiger partial charge >= 0.3 is 0 Å². The molecule has 5 heteroatoms. The number of benzene rings is 2. The van der Waals surface area contributed by atoms with Gasteiger partial charge in [-0.1, -0.05) is 168 Å². The highest BCUT2D eigenvalue weighted by molar-refractivity contribution is 5.67. The summed E-state index contributed by atoms with van der Waals surface area (Å²) in [5.41, 5.74) is 5.94. The van der Waals surface area contributed by atoms with E-state index < -0.39 is 0 Å². The van der Waals surface area contributed by atoms with Crippen LogP contribution in [0.2, 0.25) is 0 Å². The van der Waals surface area contributed by atoms with Crippen molar-refractivity contribution >= 4 is 17.2 Å². The van der Waals surface area contributed by atoms with Gasteiger partial charge in [-0.3, -0.25) is 0 Å². The van der Waals surface area contributed by atoms with Crippen LogP contribution < -0.4 is 10.2 Å². The summed E-state index contributed by atoms with van der Waals surface area (Å²) in [5.74, 6) is 2.43. The highest BCUT2D eigenvalue weighted by Gasteiger charge is 2.32. The molecule has 4 rings (SSSR count). The van der Waals surface area contributed by atoms with Gasteiger partial charge in [0.1, 0.15) is 17.9 Å². The van der Waals surface area contributed by atoms with Crippen LogP contribution in [0.1, 0.15) is 136 Å². The summed E-state index contributed by atoms with van der Waals surface area (Å²) in [7, 11) is 0. The summed E-state index contributed by atoms with van der Waals surface area (Å²) < 4.78 is 6.34. The minimum Gasteiger partial charge on any atom is -0.369 e. The molecular weight excluding hydrogens is 601 g/mol. The Morgan fingerprint density at radius 2 is 1.39 bits per heavy atom. The lowest BCUT2D eigenvalue weighted by Gasteiger charge is -2.29. The first kappa shape index (κ1) is 43.3. The van der Waals surface area contributed by atoms with Crippen molar-refractivity contribution in [3.8, 4) is 0 Å². The molecule has 0 amide bonds. The van der Waals surface area contributed by atoms with Crippen LogP contribution in [-0.2, 0) is 4.74 Å². The Morgan fingerprint density at radius 3 is 1.80 bits per heavy atom. The fourth-order valence-electron chi connectivity index (χ4n) is 5.02. The van der Waals surface area contributed by atoms with Crippen LogP contribution in [0.3, 0.4) is 0 Å². The second-order valence-corrected chi connectivity index (χ2v) is 14.5. The molecule has 0 bridgehead atoms. The Morgan fingerprint density at radius 1 is 0.898 bits per heavy atom. The van der Waals surface area contributed by atoms with Gasteiger partial charge in [-0.25, -0.2) is 9.97 Å². The van der Waals surface area contributed by atoms with E-state index in [4.69, 9.17) is 14.7 Å². The largest absolute Gasteiger partial charge is 0.369 e. The van der Waals surface area contributed by atoms with Crippen LogP contribution >= 0.6 is 0 Å². The molecule has 2 heterocycles. The van der Waals surface area contributed by atoms with Crippen molar-refractivity contribution in [2.24, 2.45) is 5.41 Å². The normalized spacial score (nSPS) is 15.0. The summed E-state index contributed by atoms with van der Waals surface area (Å²) in [4.78, 5) is 12.0. The number of nitrogens with zero attached hydrogens (tertiary/aromatic N) is 3. The van der Waals surface area contributed by atoms with Crippen molar-refractivity contribution in [1.82, 2.24) is 9.97 Å². The Labute approximate surface area is 301 Å². The number of ether oxygens (including phenoxy) is 1. The van der Waals surface area contributed by atoms with Crippen molar-refractivity contribution in [3.05, 3.63) is 115 Å². The van der Waals surface area contributed by atoms with Crippen molar-refractivity contribution in [2.45, 2.75) is 133 Å². The molecule has 2 aromatic carbocycles. The third kappa shape index (κ3) is 15.6. The van der Waals surface area contributed by atoms with E-state index in [9.17, 15) is 0 Å². The standard InChI is InChI=1S/C33H40N4O.C5H12.2C3H8/c1-7-15-24(5)31-35-32(25(6)33(36-31)37(8-2)30-21-20-29(38-30)23(3)4)34-22-28(26-16-11-9-12-17-26)27-18-13-10-14-19-27;1-5(2,3)4;2*1-3-2/h8-14,16-19,28-30H,2-3,5,7,15,20-22H2,1,4,6H3,(H,34,35,36);1-4H3;2*3H2,1-2H3. The molecule has 0 radical (unpaired) electrons. The highest BCUT2D eigenvalue weighted by atomic mass is 16.5. The van der Waals surface area contributed by atoms with Gasteiger partial charge in [0, 0.05) is 24.2 Å². The molecule has 270 valence electrons. The lowest BCUT2D eigenvalue weighted by atomic mass is 9.91.